The number of isocyanates is 2. The molecule has 58 valence electrons. The molecule has 11 heavy (non-hydrogen) atoms. The van der Waals surface area contributed by atoms with E-state index >= 15 is 0 Å². The summed E-state index contributed by atoms with van der Waals surface area (Å²) < 4.78 is 0. The van der Waals surface area contributed by atoms with Gasteiger partial charge in [-0.1, -0.05) is 13.8 Å². The molecule has 0 aromatic rings. The van der Waals surface area contributed by atoms with Crippen LogP contribution in [-0.4, -0.2) is 24.2 Å². The van der Waals surface area contributed by atoms with Crippen molar-refractivity contribution < 1.29 is 9.59 Å². The number of rotatable bonds is 2. The Labute approximate surface area is 64.0 Å². The molecular weight excluding hydrogens is 144 g/mol. The van der Waals surface area contributed by atoms with Crippen LogP contribution in [-0.2, 0) is 9.59 Å². The molecule has 0 unspecified atom stereocenters. The molecule has 1 aliphatic rings. The maximum absolute atomic E-state index is 9.86. The summed E-state index contributed by atoms with van der Waals surface area (Å²) in [7, 11) is 0. The van der Waals surface area contributed by atoms with Crippen molar-refractivity contribution in [2.24, 2.45) is 15.4 Å². The van der Waals surface area contributed by atoms with E-state index in [0.717, 1.165) is 0 Å². The first-order valence-corrected chi connectivity index (χ1v) is 3.28. The van der Waals surface area contributed by atoms with E-state index in [4.69, 9.17) is 0 Å². The molecule has 0 aromatic carbocycles. The van der Waals surface area contributed by atoms with Crippen LogP contribution in [0.5, 0.6) is 0 Å². The van der Waals surface area contributed by atoms with Gasteiger partial charge in [-0.3, -0.25) is 0 Å². The lowest BCUT2D eigenvalue weighted by Gasteiger charge is -1.92. The van der Waals surface area contributed by atoms with Crippen molar-refractivity contribution in [2.45, 2.75) is 25.9 Å². The molecule has 0 aliphatic heterocycles. The van der Waals surface area contributed by atoms with Crippen molar-refractivity contribution in [3.63, 3.8) is 0 Å². The minimum atomic E-state index is -0.179. The zero-order chi connectivity index (χ0) is 8.48. The Hall–Kier alpha value is -1.24. The van der Waals surface area contributed by atoms with Gasteiger partial charge in [-0.05, 0) is 0 Å². The summed E-state index contributed by atoms with van der Waals surface area (Å²) in [5.41, 5.74) is -0.172. The van der Waals surface area contributed by atoms with Crippen molar-refractivity contribution in [3.8, 4) is 0 Å². The third-order valence-corrected chi connectivity index (χ3v) is 2.10. The summed E-state index contributed by atoms with van der Waals surface area (Å²) in [4.78, 5) is 26.7. The van der Waals surface area contributed by atoms with Crippen LogP contribution in [0.2, 0.25) is 0 Å². The Kier molecular flexibility index (Phi) is 1.73. The quantitative estimate of drug-likeness (QED) is 0.425. The van der Waals surface area contributed by atoms with Gasteiger partial charge in [-0.15, -0.1) is 0 Å². The molecule has 1 saturated carbocycles. The second-order valence-electron chi connectivity index (χ2n) is 3.15. The van der Waals surface area contributed by atoms with Gasteiger partial charge in [0.15, 0.2) is 0 Å². The molecule has 4 heteroatoms. The highest BCUT2D eigenvalue weighted by atomic mass is 16.1. The topological polar surface area (TPSA) is 58.9 Å². The molecule has 0 heterocycles. The van der Waals surface area contributed by atoms with Crippen LogP contribution >= 0.6 is 0 Å². The molecular formula is C7H8N2O2. The van der Waals surface area contributed by atoms with Crippen LogP contribution < -0.4 is 0 Å². The first-order valence-electron chi connectivity index (χ1n) is 3.28. The fourth-order valence-electron chi connectivity index (χ4n) is 1.17. The summed E-state index contributed by atoms with van der Waals surface area (Å²) in [5.74, 6) is 0. The maximum atomic E-state index is 9.86. The highest BCUT2D eigenvalue weighted by molar-refractivity contribution is 5.41. The van der Waals surface area contributed by atoms with Gasteiger partial charge in [0.2, 0.25) is 12.2 Å². The van der Waals surface area contributed by atoms with Crippen LogP contribution in [0.25, 0.3) is 0 Å². The standard InChI is InChI=1S/C7H8N2O2/c1-7(2)5(8-3-10)6(7)9-4-11/h5-6H,1-2H3/t5-,6-/m1/s1. The highest BCUT2D eigenvalue weighted by Crippen LogP contribution is 2.49. The maximum Gasteiger partial charge on any atom is 0.235 e. The normalized spacial score (nSPS) is 31.5. The molecule has 0 spiro atoms. The number of nitrogens with zero attached hydrogens (tertiary/aromatic N) is 2. The lowest BCUT2D eigenvalue weighted by atomic mass is 10.2. The number of hydrogen-bond donors (Lipinski definition) is 0. The fourth-order valence-corrected chi connectivity index (χ4v) is 1.17. The summed E-state index contributed by atoms with van der Waals surface area (Å²) in [6.07, 6.45) is 2.92. The van der Waals surface area contributed by atoms with Gasteiger partial charge in [-0.25, -0.2) is 9.59 Å². The van der Waals surface area contributed by atoms with Crippen molar-refractivity contribution in [3.05, 3.63) is 0 Å². The lowest BCUT2D eigenvalue weighted by molar-refractivity contribution is 0.553. The second-order valence-corrected chi connectivity index (χ2v) is 3.15. The Balaban J connectivity index is 2.75. The lowest BCUT2D eigenvalue weighted by Crippen LogP contribution is -1.91. The number of aliphatic imine (C=N–C) groups is 2. The second kappa shape index (κ2) is 2.42. The number of carbonyl (C=O) groups excluding carboxylic acids is 2. The zero-order valence-corrected chi connectivity index (χ0v) is 6.37. The van der Waals surface area contributed by atoms with Gasteiger partial charge in [0.1, 0.15) is 0 Å². The third kappa shape index (κ3) is 1.14. The van der Waals surface area contributed by atoms with E-state index in [-0.39, 0.29) is 17.5 Å². The van der Waals surface area contributed by atoms with Crippen molar-refractivity contribution in [2.75, 3.05) is 0 Å². The van der Waals surface area contributed by atoms with E-state index in [1.165, 1.54) is 12.2 Å². The summed E-state index contributed by atoms with van der Waals surface area (Å²) >= 11 is 0. The van der Waals surface area contributed by atoms with Gasteiger partial charge < -0.3 is 0 Å². The molecule has 1 rings (SSSR count). The minimum Gasteiger partial charge on any atom is -0.211 e. The molecule has 0 saturated heterocycles. The van der Waals surface area contributed by atoms with E-state index in [9.17, 15) is 9.59 Å². The van der Waals surface area contributed by atoms with Crippen molar-refractivity contribution >= 4 is 12.2 Å². The molecule has 4 nitrogen and oxygen atoms in total. The van der Waals surface area contributed by atoms with Crippen LogP contribution in [0.4, 0.5) is 0 Å². The zero-order valence-electron chi connectivity index (χ0n) is 6.37. The molecule has 0 amide bonds. The van der Waals surface area contributed by atoms with E-state index in [1.54, 1.807) is 0 Å². The minimum absolute atomic E-state index is 0.172. The van der Waals surface area contributed by atoms with Crippen molar-refractivity contribution in [1.29, 1.82) is 0 Å². The first kappa shape index (κ1) is 7.86. The van der Waals surface area contributed by atoms with Gasteiger partial charge in [0, 0.05) is 5.41 Å². The van der Waals surface area contributed by atoms with Crippen LogP contribution in [0.15, 0.2) is 9.98 Å². The van der Waals surface area contributed by atoms with Crippen LogP contribution in [0.3, 0.4) is 0 Å². The predicted molar refractivity (Wildman–Crippen MR) is 37.6 cm³/mol. The average Bonchev–Trinajstić information content (AvgIpc) is 2.41. The Morgan fingerprint density at radius 3 is 1.73 bits per heavy atom. The Bertz CT molecular complexity index is 234. The molecule has 0 radical (unpaired) electrons. The average molecular weight is 152 g/mol. The van der Waals surface area contributed by atoms with E-state index < -0.39 is 0 Å². The smallest absolute Gasteiger partial charge is 0.211 e. The van der Waals surface area contributed by atoms with E-state index in [2.05, 4.69) is 9.98 Å². The van der Waals surface area contributed by atoms with Gasteiger partial charge in [0.05, 0.1) is 12.1 Å². The SMILES string of the molecule is CC1(C)[C@H](N=C=O)[C@H]1N=C=O. The van der Waals surface area contributed by atoms with Gasteiger partial charge in [0.25, 0.3) is 0 Å². The fraction of sp³-hybridized carbons (Fsp3) is 0.714. The van der Waals surface area contributed by atoms with Crippen molar-refractivity contribution in [1.82, 2.24) is 0 Å². The Morgan fingerprint density at radius 2 is 1.45 bits per heavy atom. The predicted octanol–water partition coefficient (Wildman–Crippen LogP) is 0.435. The summed E-state index contributed by atoms with van der Waals surface area (Å²) in [6, 6.07) is -0.358. The third-order valence-electron chi connectivity index (χ3n) is 2.10. The van der Waals surface area contributed by atoms with Gasteiger partial charge >= 0.3 is 0 Å². The van der Waals surface area contributed by atoms with Crippen LogP contribution in [0.1, 0.15) is 13.8 Å². The summed E-state index contributed by atoms with van der Waals surface area (Å²) in [5, 5.41) is 0. The van der Waals surface area contributed by atoms with E-state index in [1.807, 2.05) is 13.8 Å². The molecule has 1 aliphatic carbocycles. The molecule has 0 aromatic heterocycles. The monoisotopic (exact) mass is 152 g/mol. The van der Waals surface area contributed by atoms with E-state index in [0.29, 0.717) is 0 Å². The number of hydrogen-bond acceptors (Lipinski definition) is 4. The molecule has 1 fully saturated rings. The van der Waals surface area contributed by atoms with Gasteiger partial charge in [-0.2, -0.15) is 9.98 Å². The first-order chi connectivity index (χ1) is 5.14. The molecule has 2 atom stereocenters. The molecule has 0 N–H and O–H groups in total. The highest BCUT2D eigenvalue weighted by Gasteiger charge is 2.59. The summed E-state index contributed by atoms with van der Waals surface area (Å²) in [6.45, 7) is 3.79. The Morgan fingerprint density at radius 1 is 1.09 bits per heavy atom. The van der Waals surface area contributed by atoms with Crippen LogP contribution in [0, 0.1) is 5.41 Å². The largest absolute Gasteiger partial charge is 0.235 e. The molecule has 0 bridgehead atoms.